The van der Waals surface area contributed by atoms with Crippen LogP contribution in [0, 0.1) is 0 Å². The summed E-state index contributed by atoms with van der Waals surface area (Å²) in [4.78, 5) is 42.9. The van der Waals surface area contributed by atoms with Gasteiger partial charge in [0.05, 0.1) is 0 Å². The number of rotatable bonds is 9. The first kappa shape index (κ1) is 19.0. The van der Waals surface area contributed by atoms with E-state index >= 15 is 0 Å². The van der Waals surface area contributed by atoms with Crippen molar-refractivity contribution < 1.29 is 9.53 Å². The molecule has 0 radical (unpaired) electrons. The lowest BCUT2D eigenvalue weighted by atomic mass is 10.2. The highest BCUT2D eigenvalue weighted by Crippen LogP contribution is 2.13. The minimum absolute atomic E-state index is 0.00746. The Morgan fingerprint density at radius 1 is 1.12 bits per heavy atom. The van der Waals surface area contributed by atoms with Crippen LogP contribution in [0.4, 0.5) is 0 Å². The summed E-state index contributed by atoms with van der Waals surface area (Å²) in [5, 5.41) is 0. The van der Waals surface area contributed by atoms with Gasteiger partial charge in [0.15, 0.2) is 11.2 Å². The van der Waals surface area contributed by atoms with Gasteiger partial charge in [-0.1, -0.05) is 26.7 Å². The number of carbonyl (C=O) groups excluding carboxylic acids is 1. The third-order valence-electron chi connectivity index (χ3n) is 4.11. The van der Waals surface area contributed by atoms with Gasteiger partial charge in [0.25, 0.3) is 5.56 Å². The lowest BCUT2D eigenvalue weighted by Crippen LogP contribution is -2.31. The van der Waals surface area contributed by atoms with Crippen molar-refractivity contribution in [1.29, 1.82) is 0 Å². The molecule has 8 heteroatoms. The predicted molar refractivity (Wildman–Crippen MR) is 94.5 cm³/mol. The van der Waals surface area contributed by atoms with E-state index in [0.29, 0.717) is 36.5 Å². The summed E-state index contributed by atoms with van der Waals surface area (Å²) in [6.45, 7) is 6.88. The van der Waals surface area contributed by atoms with Crippen LogP contribution in [0.25, 0.3) is 11.2 Å². The number of hydrogen-bond acceptors (Lipinski definition) is 5. The second kappa shape index (κ2) is 8.64. The molecular weight excluding hydrogens is 324 g/mol. The molecule has 0 unspecified atom stereocenters. The highest BCUT2D eigenvalue weighted by atomic mass is 16.5. The van der Waals surface area contributed by atoms with Crippen LogP contribution in [-0.2, 0) is 29.2 Å². The number of aromatic amines is 1. The van der Waals surface area contributed by atoms with E-state index in [1.807, 2.05) is 20.8 Å². The Morgan fingerprint density at radius 2 is 1.84 bits per heavy atom. The number of aromatic nitrogens is 4. The average Bonchev–Trinajstić information content (AvgIpc) is 2.96. The number of carbonyl (C=O) groups is 1. The van der Waals surface area contributed by atoms with Crippen LogP contribution >= 0.6 is 0 Å². The lowest BCUT2D eigenvalue weighted by molar-refractivity contribution is -0.145. The Morgan fingerprint density at radius 3 is 2.48 bits per heavy atom. The lowest BCUT2D eigenvalue weighted by Gasteiger charge is -2.07. The third kappa shape index (κ3) is 4.18. The van der Waals surface area contributed by atoms with Crippen molar-refractivity contribution >= 4 is 17.1 Å². The standard InChI is InChI=1S/C17H26N4O4/c1-4-7-9-13(22)25-11-12-18-15-14(20(12)6-3)16(23)19-17(24)21(15)10-8-5-2/h4-11H2,1-3H3,(H,19,23,24). The first-order valence-electron chi connectivity index (χ1n) is 8.91. The van der Waals surface area contributed by atoms with Crippen molar-refractivity contribution in [3.05, 3.63) is 26.7 Å². The summed E-state index contributed by atoms with van der Waals surface area (Å²) in [6, 6.07) is 0. The van der Waals surface area contributed by atoms with Gasteiger partial charge in [0.1, 0.15) is 12.4 Å². The summed E-state index contributed by atoms with van der Waals surface area (Å²) < 4.78 is 8.45. The van der Waals surface area contributed by atoms with E-state index in [1.54, 1.807) is 4.57 Å². The molecule has 0 aliphatic carbocycles. The van der Waals surface area contributed by atoms with E-state index in [2.05, 4.69) is 9.97 Å². The van der Waals surface area contributed by atoms with Crippen molar-refractivity contribution in [2.75, 3.05) is 0 Å². The molecule has 0 atom stereocenters. The molecule has 25 heavy (non-hydrogen) atoms. The minimum atomic E-state index is -0.467. The van der Waals surface area contributed by atoms with E-state index in [-0.39, 0.29) is 12.6 Å². The van der Waals surface area contributed by atoms with E-state index in [4.69, 9.17) is 4.74 Å². The molecule has 0 aliphatic heterocycles. The Bertz CT molecular complexity index is 847. The van der Waals surface area contributed by atoms with Crippen LogP contribution in [0.2, 0.25) is 0 Å². The maximum absolute atomic E-state index is 12.3. The molecular formula is C17H26N4O4. The van der Waals surface area contributed by atoms with Gasteiger partial charge >= 0.3 is 11.7 Å². The van der Waals surface area contributed by atoms with Crippen LogP contribution in [0.15, 0.2) is 9.59 Å². The smallest absolute Gasteiger partial charge is 0.330 e. The van der Waals surface area contributed by atoms with Gasteiger partial charge in [0.2, 0.25) is 0 Å². The third-order valence-corrected chi connectivity index (χ3v) is 4.11. The molecule has 8 nitrogen and oxygen atoms in total. The monoisotopic (exact) mass is 350 g/mol. The van der Waals surface area contributed by atoms with Crippen molar-refractivity contribution in [3.63, 3.8) is 0 Å². The van der Waals surface area contributed by atoms with Gasteiger partial charge in [0, 0.05) is 19.5 Å². The zero-order valence-electron chi connectivity index (χ0n) is 15.1. The van der Waals surface area contributed by atoms with Crippen molar-refractivity contribution in [2.24, 2.45) is 0 Å². The predicted octanol–water partition coefficient (Wildman–Crippen LogP) is 1.94. The molecule has 2 heterocycles. The molecule has 0 spiro atoms. The summed E-state index contributed by atoms with van der Waals surface area (Å²) >= 11 is 0. The number of imidazole rings is 1. The van der Waals surface area contributed by atoms with Crippen LogP contribution < -0.4 is 11.2 Å². The number of aryl methyl sites for hydroxylation is 2. The topological polar surface area (TPSA) is 99.0 Å². The normalized spacial score (nSPS) is 11.2. The van der Waals surface area contributed by atoms with E-state index in [0.717, 1.165) is 25.7 Å². The number of H-pyrrole nitrogens is 1. The minimum Gasteiger partial charge on any atom is -0.458 e. The van der Waals surface area contributed by atoms with E-state index in [9.17, 15) is 14.4 Å². The zero-order chi connectivity index (χ0) is 18.4. The number of nitrogens with zero attached hydrogens (tertiary/aromatic N) is 3. The van der Waals surface area contributed by atoms with E-state index < -0.39 is 11.2 Å². The molecule has 0 aromatic carbocycles. The molecule has 0 aliphatic rings. The highest BCUT2D eigenvalue weighted by Gasteiger charge is 2.18. The number of esters is 1. The van der Waals surface area contributed by atoms with Crippen molar-refractivity contribution in [2.45, 2.75) is 72.6 Å². The molecule has 0 bridgehead atoms. The van der Waals surface area contributed by atoms with Gasteiger partial charge in [-0.15, -0.1) is 0 Å². The van der Waals surface area contributed by atoms with Crippen molar-refractivity contribution in [3.8, 4) is 0 Å². The summed E-state index contributed by atoms with van der Waals surface area (Å²) in [7, 11) is 0. The Balaban J connectivity index is 2.41. The number of ether oxygens (including phenoxy) is 1. The van der Waals surface area contributed by atoms with Gasteiger partial charge in [-0.2, -0.15) is 0 Å². The first-order chi connectivity index (χ1) is 12.0. The van der Waals surface area contributed by atoms with Crippen LogP contribution in [0.1, 0.15) is 58.7 Å². The fraction of sp³-hybridized carbons (Fsp3) is 0.647. The fourth-order valence-electron chi connectivity index (χ4n) is 2.73. The van der Waals surface area contributed by atoms with Gasteiger partial charge < -0.3 is 9.30 Å². The number of fused-ring (bicyclic) bond motifs is 1. The van der Waals surface area contributed by atoms with Gasteiger partial charge in [-0.25, -0.2) is 9.78 Å². The largest absolute Gasteiger partial charge is 0.458 e. The molecule has 2 aromatic heterocycles. The van der Waals surface area contributed by atoms with E-state index in [1.165, 1.54) is 4.57 Å². The quantitative estimate of drug-likeness (QED) is 0.697. The number of nitrogens with one attached hydrogen (secondary N) is 1. The van der Waals surface area contributed by atoms with Gasteiger partial charge in [-0.3, -0.25) is 19.1 Å². The maximum atomic E-state index is 12.3. The molecule has 0 fully saturated rings. The Kier molecular flexibility index (Phi) is 6.55. The van der Waals surface area contributed by atoms with Crippen molar-refractivity contribution in [1.82, 2.24) is 19.1 Å². The Hall–Kier alpha value is -2.38. The summed E-state index contributed by atoms with van der Waals surface area (Å²) in [5.74, 6) is 0.192. The van der Waals surface area contributed by atoms with Crippen LogP contribution in [0.3, 0.4) is 0 Å². The Labute approximate surface area is 145 Å². The molecule has 0 saturated carbocycles. The number of hydrogen-bond donors (Lipinski definition) is 1. The second-order valence-corrected chi connectivity index (χ2v) is 5.97. The maximum Gasteiger partial charge on any atom is 0.330 e. The number of unbranched alkanes of at least 4 members (excludes halogenated alkanes) is 2. The van der Waals surface area contributed by atoms with Crippen LogP contribution in [-0.4, -0.2) is 25.1 Å². The zero-order valence-corrected chi connectivity index (χ0v) is 15.1. The SMILES string of the molecule is CCCCC(=O)OCc1nc2c(c(=O)[nH]c(=O)n2CCCC)n1CC. The summed E-state index contributed by atoms with van der Waals surface area (Å²) in [5.41, 5.74) is -0.231. The molecule has 1 N–H and O–H groups in total. The van der Waals surface area contributed by atoms with Gasteiger partial charge in [-0.05, 0) is 19.8 Å². The second-order valence-electron chi connectivity index (χ2n) is 5.97. The molecule has 0 saturated heterocycles. The molecule has 2 rings (SSSR count). The summed E-state index contributed by atoms with van der Waals surface area (Å²) in [6.07, 6.45) is 3.79. The average molecular weight is 350 g/mol. The fourth-order valence-corrected chi connectivity index (χ4v) is 2.73. The first-order valence-corrected chi connectivity index (χ1v) is 8.91. The molecule has 138 valence electrons. The van der Waals surface area contributed by atoms with Crippen LogP contribution in [0.5, 0.6) is 0 Å². The highest BCUT2D eigenvalue weighted by molar-refractivity contribution is 5.71. The molecule has 0 amide bonds. The molecule has 2 aromatic rings.